The molecule has 0 aromatic carbocycles. The molecular formula is C62H102O6. The van der Waals surface area contributed by atoms with Crippen LogP contribution in [0.3, 0.4) is 0 Å². The smallest absolute Gasteiger partial charge is 0.306 e. The third-order valence-electron chi connectivity index (χ3n) is 11.7. The lowest BCUT2D eigenvalue weighted by atomic mass is 10.0. The summed E-state index contributed by atoms with van der Waals surface area (Å²) in [6, 6.07) is 0. The van der Waals surface area contributed by atoms with E-state index in [0.29, 0.717) is 19.3 Å². The van der Waals surface area contributed by atoms with Gasteiger partial charge in [-0.05, 0) is 70.6 Å². The van der Waals surface area contributed by atoms with E-state index in [0.717, 1.165) is 96.3 Å². The molecule has 0 fully saturated rings. The second-order valence-electron chi connectivity index (χ2n) is 18.2. The molecule has 0 saturated carbocycles. The van der Waals surface area contributed by atoms with Crippen LogP contribution >= 0.6 is 0 Å². The van der Waals surface area contributed by atoms with E-state index in [1.807, 2.05) is 60.8 Å². The van der Waals surface area contributed by atoms with Crippen LogP contribution in [-0.2, 0) is 28.6 Å². The number of esters is 3. The highest BCUT2D eigenvalue weighted by Crippen LogP contribution is 2.16. The van der Waals surface area contributed by atoms with Gasteiger partial charge in [-0.1, -0.05) is 265 Å². The average molecular weight is 943 g/mol. The zero-order valence-electron chi connectivity index (χ0n) is 44.1. The number of ether oxygens (including phenoxy) is 3. The van der Waals surface area contributed by atoms with Gasteiger partial charge >= 0.3 is 17.9 Å². The van der Waals surface area contributed by atoms with Crippen molar-refractivity contribution in [3.8, 4) is 0 Å². The Morgan fingerprint density at radius 1 is 0.324 bits per heavy atom. The third-order valence-corrected chi connectivity index (χ3v) is 11.7. The molecule has 0 aromatic rings. The molecule has 68 heavy (non-hydrogen) atoms. The van der Waals surface area contributed by atoms with Crippen LogP contribution in [0.15, 0.2) is 109 Å². The van der Waals surface area contributed by atoms with Crippen molar-refractivity contribution in [3.05, 3.63) is 109 Å². The standard InChI is InChI=1S/C62H102O6/c1-4-7-10-13-16-19-22-25-28-30-31-33-34-37-40-43-46-49-52-55-61(64)67-58-59(57-66-60(63)54-51-48-45-42-39-36-27-24-21-18-15-12-9-6-3)68-62(65)56-53-50-47-44-41-38-35-32-29-26-23-20-17-14-11-8-5-2/h8-9,11-12,14,17-18,20-21,23,26-27,29,32,35-36,38,41,59H,4-7,10,13,15-16,19,22,24-25,28,30-31,33-34,37,39-40,42-58H2,1-3H3/b11-8-,12-9-,17-14-,21-18-,23-20-,29-26-,35-32+,36-27-,41-38-. The lowest BCUT2D eigenvalue weighted by molar-refractivity contribution is -0.167. The van der Waals surface area contributed by atoms with Gasteiger partial charge in [0.05, 0.1) is 0 Å². The Kier molecular flexibility index (Phi) is 52.4. The van der Waals surface area contributed by atoms with Crippen LogP contribution in [0.25, 0.3) is 0 Å². The molecule has 1 atom stereocenters. The van der Waals surface area contributed by atoms with E-state index in [9.17, 15) is 14.4 Å². The van der Waals surface area contributed by atoms with E-state index in [2.05, 4.69) is 69.4 Å². The monoisotopic (exact) mass is 943 g/mol. The van der Waals surface area contributed by atoms with Crippen molar-refractivity contribution in [2.75, 3.05) is 13.2 Å². The molecule has 0 aliphatic heterocycles. The predicted octanol–water partition coefficient (Wildman–Crippen LogP) is 18.7. The van der Waals surface area contributed by atoms with E-state index in [-0.39, 0.29) is 37.5 Å². The molecular weight excluding hydrogens is 841 g/mol. The minimum absolute atomic E-state index is 0.103. The van der Waals surface area contributed by atoms with E-state index in [1.54, 1.807) is 0 Å². The van der Waals surface area contributed by atoms with Gasteiger partial charge in [0.1, 0.15) is 13.2 Å². The Bertz CT molecular complexity index is 1410. The first-order chi connectivity index (χ1) is 33.5. The highest BCUT2D eigenvalue weighted by Gasteiger charge is 2.19. The van der Waals surface area contributed by atoms with Crippen LogP contribution in [0, 0.1) is 0 Å². The van der Waals surface area contributed by atoms with E-state index >= 15 is 0 Å². The maximum absolute atomic E-state index is 12.8. The zero-order valence-corrected chi connectivity index (χ0v) is 44.1. The van der Waals surface area contributed by atoms with Gasteiger partial charge in [0.2, 0.25) is 0 Å². The maximum Gasteiger partial charge on any atom is 0.306 e. The molecule has 6 heteroatoms. The Balaban J connectivity index is 4.47. The Labute approximate surface area is 419 Å². The first-order valence-corrected chi connectivity index (χ1v) is 28.0. The summed E-state index contributed by atoms with van der Waals surface area (Å²) in [6.45, 7) is 6.33. The molecule has 0 aliphatic rings. The highest BCUT2D eigenvalue weighted by atomic mass is 16.6. The predicted molar refractivity (Wildman–Crippen MR) is 293 cm³/mol. The van der Waals surface area contributed by atoms with Crippen LogP contribution < -0.4 is 0 Å². The summed E-state index contributed by atoms with van der Waals surface area (Å²) in [6.07, 6.45) is 75.1. The van der Waals surface area contributed by atoms with Gasteiger partial charge in [0.25, 0.3) is 0 Å². The molecule has 0 radical (unpaired) electrons. The molecule has 0 N–H and O–H groups in total. The Morgan fingerprint density at radius 2 is 0.647 bits per heavy atom. The molecule has 1 unspecified atom stereocenters. The molecule has 0 bridgehead atoms. The van der Waals surface area contributed by atoms with E-state index < -0.39 is 6.10 Å². The fourth-order valence-electron chi connectivity index (χ4n) is 7.55. The molecule has 6 nitrogen and oxygen atoms in total. The fraction of sp³-hybridized carbons (Fsp3) is 0.661. The maximum atomic E-state index is 12.8. The summed E-state index contributed by atoms with van der Waals surface area (Å²) < 4.78 is 16.8. The van der Waals surface area contributed by atoms with Crippen molar-refractivity contribution in [1.29, 1.82) is 0 Å². The third kappa shape index (κ3) is 53.0. The number of unbranched alkanes of at least 4 members (excludes halogenated alkanes) is 25. The minimum Gasteiger partial charge on any atom is -0.462 e. The first-order valence-electron chi connectivity index (χ1n) is 28.0. The van der Waals surface area contributed by atoms with Gasteiger partial charge in [-0.25, -0.2) is 0 Å². The van der Waals surface area contributed by atoms with Crippen molar-refractivity contribution in [1.82, 2.24) is 0 Å². The van der Waals surface area contributed by atoms with Crippen LogP contribution in [0.4, 0.5) is 0 Å². The number of hydrogen-bond donors (Lipinski definition) is 0. The lowest BCUT2D eigenvalue weighted by Gasteiger charge is -2.18. The number of hydrogen-bond acceptors (Lipinski definition) is 6. The molecule has 386 valence electrons. The second kappa shape index (κ2) is 55.7. The average Bonchev–Trinajstić information content (AvgIpc) is 3.34. The first kappa shape index (κ1) is 64.1. The topological polar surface area (TPSA) is 78.9 Å². The zero-order chi connectivity index (χ0) is 49.3. The van der Waals surface area contributed by atoms with Gasteiger partial charge in [-0.15, -0.1) is 0 Å². The Hall–Kier alpha value is -3.93. The van der Waals surface area contributed by atoms with Crippen LogP contribution in [0.2, 0.25) is 0 Å². The van der Waals surface area contributed by atoms with Crippen molar-refractivity contribution in [2.24, 2.45) is 0 Å². The largest absolute Gasteiger partial charge is 0.462 e. The molecule has 0 rings (SSSR count). The number of allylic oxidation sites excluding steroid dienone is 18. The van der Waals surface area contributed by atoms with Gasteiger partial charge in [0, 0.05) is 19.3 Å². The summed E-state index contributed by atoms with van der Waals surface area (Å²) in [5, 5.41) is 0. The minimum atomic E-state index is -0.811. The summed E-state index contributed by atoms with van der Waals surface area (Å²) >= 11 is 0. The molecule has 0 aromatic heterocycles. The molecule has 0 saturated heterocycles. The van der Waals surface area contributed by atoms with E-state index in [1.165, 1.54) is 103 Å². The summed E-state index contributed by atoms with van der Waals surface area (Å²) in [5.41, 5.74) is 0. The summed E-state index contributed by atoms with van der Waals surface area (Å²) in [5.74, 6) is -0.969. The molecule has 0 heterocycles. The van der Waals surface area contributed by atoms with Gasteiger partial charge in [-0.3, -0.25) is 14.4 Å². The van der Waals surface area contributed by atoms with Gasteiger partial charge in [0.15, 0.2) is 6.10 Å². The molecule has 0 aliphatic carbocycles. The lowest BCUT2D eigenvalue weighted by Crippen LogP contribution is -2.30. The number of carbonyl (C=O) groups excluding carboxylic acids is 3. The van der Waals surface area contributed by atoms with Crippen molar-refractivity contribution < 1.29 is 28.6 Å². The van der Waals surface area contributed by atoms with Crippen LogP contribution in [0.5, 0.6) is 0 Å². The normalized spacial score (nSPS) is 12.9. The number of rotatable bonds is 49. The quantitative estimate of drug-likeness (QED) is 0.0199. The van der Waals surface area contributed by atoms with Gasteiger partial charge < -0.3 is 14.2 Å². The van der Waals surface area contributed by atoms with Gasteiger partial charge in [-0.2, -0.15) is 0 Å². The van der Waals surface area contributed by atoms with Crippen LogP contribution in [-0.4, -0.2) is 37.2 Å². The van der Waals surface area contributed by atoms with Crippen molar-refractivity contribution in [3.63, 3.8) is 0 Å². The summed E-state index contributed by atoms with van der Waals surface area (Å²) in [4.78, 5) is 38.1. The van der Waals surface area contributed by atoms with Crippen molar-refractivity contribution >= 4 is 17.9 Å². The molecule has 0 amide bonds. The fourth-order valence-corrected chi connectivity index (χ4v) is 7.55. The molecule has 0 spiro atoms. The summed E-state index contributed by atoms with van der Waals surface area (Å²) in [7, 11) is 0. The highest BCUT2D eigenvalue weighted by molar-refractivity contribution is 5.71. The second-order valence-corrected chi connectivity index (χ2v) is 18.2. The number of carbonyl (C=O) groups is 3. The van der Waals surface area contributed by atoms with Crippen molar-refractivity contribution in [2.45, 2.75) is 252 Å². The van der Waals surface area contributed by atoms with Crippen LogP contribution in [0.1, 0.15) is 245 Å². The Morgan fingerprint density at radius 3 is 1.09 bits per heavy atom. The SMILES string of the molecule is CC\C=C/C=C\C=C/C=C\C=C\C=C/CCCCCC(=O)OC(COC(=O)CCCCCC/C=C\C/C=C\C/C=C\CC)COC(=O)CCCCCCCCCCCCCCCCCCCCC. The van der Waals surface area contributed by atoms with E-state index in [4.69, 9.17) is 14.2 Å².